The fraction of sp³-hybridized carbons (Fsp3) is 0.793. The Morgan fingerprint density at radius 2 is 1.03 bits per heavy atom. The summed E-state index contributed by atoms with van der Waals surface area (Å²) in [6.45, 7) is 7.31. The van der Waals surface area contributed by atoms with E-state index in [9.17, 15) is 5.11 Å². The SMILES string of the molecule is CCCCCCCCCC(O)(COCCOCCOCCOCCOCCOCCO)Oc1ccccc1. The van der Waals surface area contributed by atoms with Crippen molar-refractivity contribution in [1.82, 2.24) is 0 Å². The maximum absolute atomic E-state index is 11.1. The summed E-state index contributed by atoms with van der Waals surface area (Å²) in [5, 5.41) is 19.7. The van der Waals surface area contributed by atoms with Gasteiger partial charge < -0.3 is 43.4 Å². The predicted molar refractivity (Wildman–Crippen MR) is 147 cm³/mol. The molecule has 0 fully saturated rings. The van der Waals surface area contributed by atoms with Crippen LogP contribution in [0.3, 0.4) is 0 Å². The number of hydrogen-bond acceptors (Lipinski definition) is 9. The second kappa shape index (κ2) is 26.0. The Bertz CT molecular complexity index is 605. The minimum absolute atomic E-state index is 0.0241. The summed E-state index contributed by atoms with van der Waals surface area (Å²) in [7, 11) is 0. The molecular weight excluding hydrogens is 492 g/mol. The van der Waals surface area contributed by atoms with Gasteiger partial charge in [0.25, 0.3) is 0 Å². The second-order valence-electron chi connectivity index (χ2n) is 9.07. The number of para-hydroxylation sites is 1. The molecule has 0 heterocycles. The first-order valence-corrected chi connectivity index (χ1v) is 14.2. The maximum atomic E-state index is 11.1. The minimum atomic E-state index is -1.35. The van der Waals surface area contributed by atoms with Crippen LogP contribution < -0.4 is 4.74 Å². The van der Waals surface area contributed by atoms with Crippen molar-refractivity contribution in [3.8, 4) is 5.75 Å². The Labute approximate surface area is 229 Å². The zero-order chi connectivity index (χ0) is 27.4. The van der Waals surface area contributed by atoms with Crippen molar-refractivity contribution < 1.29 is 43.4 Å². The van der Waals surface area contributed by atoms with Gasteiger partial charge in [-0.15, -0.1) is 0 Å². The number of hydrogen-bond donors (Lipinski definition) is 2. The molecule has 1 rings (SSSR count). The lowest BCUT2D eigenvalue weighted by atomic mass is 10.0. The highest BCUT2D eigenvalue weighted by Gasteiger charge is 2.29. The molecule has 1 unspecified atom stereocenters. The molecule has 2 N–H and O–H groups in total. The first kappa shape index (κ1) is 34.7. The average molecular weight is 545 g/mol. The van der Waals surface area contributed by atoms with Crippen LogP contribution in [0, 0.1) is 0 Å². The van der Waals surface area contributed by atoms with E-state index in [-0.39, 0.29) is 13.2 Å². The molecule has 9 nitrogen and oxygen atoms in total. The van der Waals surface area contributed by atoms with Gasteiger partial charge in [0.05, 0.1) is 79.3 Å². The second-order valence-corrected chi connectivity index (χ2v) is 9.07. The zero-order valence-electron chi connectivity index (χ0n) is 23.5. The van der Waals surface area contributed by atoms with E-state index < -0.39 is 5.79 Å². The van der Waals surface area contributed by atoms with Crippen LogP contribution >= 0.6 is 0 Å². The normalized spacial score (nSPS) is 13.0. The fourth-order valence-corrected chi connectivity index (χ4v) is 3.61. The quantitative estimate of drug-likeness (QED) is 0.114. The molecule has 0 aliphatic heterocycles. The third-order valence-electron chi connectivity index (χ3n) is 5.65. The van der Waals surface area contributed by atoms with Crippen LogP contribution in [-0.2, 0) is 28.4 Å². The molecule has 0 aliphatic carbocycles. The number of benzene rings is 1. The molecule has 0 saturated heterocycles. The molecule has 9 heteroatoms. The number of unbranched alkanes of at least 4 members (excludes halogenated alkanes) is 6. The van der Waals surface area contributed by atoms with E-state index in [1.807, 2.05) is 30.3 Å². The van der Waals surface area contributed by atoms with Gasteiger partial charge >= 0.3 is 0 Å². The Kier molecular flexibility index (Phi) is 23.7. The van der Waals surface area contributed by atoms with Crippen LogP contribution in [0.5, 0.6) is 5.75 Å². The summed E-state index contributed by atoms with van der Waals surface area (Å²) in [4.78, 5) is 0. The molecule has 1 atom stereocenters. The minimum Gasteiger partial charge on any atom is -0.460 e. The highest BCUT2D eigenvalue weighted by molar-refractivity contribution is 5.21. The van der Waals surface area contributed by atoms with E-state index in [1.165, 1.54) is 32.1 Å². The molecule has 0 bridgehead atoms. The summed E-state index contributed by atoms with van der Waals surface area (Å²) in [6.07, 6.45) is 8.74. The molecule has 0 amide bonds. The molecule has 0 aromatic heterocycles. The van der Waals surface area contributed by atoms with Gasteiger partial charge in [-0.2, -0.15) is 0 Å². The summed E-state index contributed by atoms with van der Waals surface area (Å²) < 4.78 is 38.5. The standard InChI is InChI=1S/C29H52O9/c1-2-3-4-5-6-7-11-14-29(31,38-28-12-9-8-10-13-28)27-37-26-25-36-24-23-35-22-21-34-20-19-33-18-17-32-16-15-30/h8-10,12-13,30-31H,2-7,11,14-27H2,1H3. The van der Waals surface area contributed by atoms with Crippen molar-refractivity contribution >= 4 is 0 Å². The van der Waals surface area contributed by atoms with E-state index in [0.29, 0.717) is 84.8 Å². The number of rotatable bonds is 29. The molecule has 0 radical (unpaired) electrons. The molecular formula is C29H52O9. The predicted octanol–water partition coefficient (Wildman–Crippen LogP) is 3.99. The lowest BCUT2D eigenvalue weighted by Crippen LogP contribution is -2.41. The van der Waals surface area contributed by atoms with E-state index in [0.717, 1.165) is 12.8 Å². The molecule has 0 aliphatic rings. The average Bonchev–Trinajstić information content (AvgIpc) is 2.92. The van der Waals surface area contributed by atoms with Gasteiger partial charge in [0.1, 0.15) is 12.4 Å². The largest absolute Gasteiger partial charge is 0.460 e. The summed E-state index contributed by atoms with van der Waals surface area (Å²) >= 11 is 0. The third kappa shape index (κ3) is 21.6. The van der Waals surface area contributed by atoms with Crippen LogP contribution in [0.15, 0.2) is 30.3 Å². The highest BCUT2D eigenvalue weighted by Crippen LogP contribution is 2.22. The molecule has 0 saturated carbocycles. The van der Waals surface area contributed by atoms with Crippen LogP contribution in [0.25, 0.3) is 0 Å². The molecule has 1 aromatic rings. The van der Waals surface area contributed by atoms with E-state index in [1.54, 1.807) is 0 Å². The number of aliphatic hydroxyl groups is 2. The van der Waals surface area contributed by atoms with Crippen LogP contribution in [0.4, 0.5) is 0 Å². The molecule has 1 aromatic carbocycles. The van der Waals surface area contributed by atoms with Gasteiger partial charge in [-0.25, -0.2) is 0 Å². The van der Waals surface area contributed by atoms with Gasteiger partial charge in [-0.05, 0) is 18.6 Å². The van der Waals surface area contributed by atoms with Crippen molar-refractivity contribution in [2.75, 3.05) is 85.9 Å². The smallest absolute Gasteiger partial charge is 0.231 e. The van der Waals surface area contributed by atoms with Crippen molar-refractivity contribution in [3.05, 3.63) is 30.3 Å². The Morgan fingerprint density at radius 3 is 1.53 bits per heavy atom. The zero-order valence-corrected chi connectivity index (χ0v) is 23.5. The topological polar surface area (TPSA) is 105 Å². The molecule has 38 heavy (non-hydrogen) atoms. The van der Waals surface area contributed by atoms with Gasteiger partial charge in [-0.3, -0.25) is 0 Å². The van der Waals surface area contributed by atoms with E-state index >= 15 is 0 Å². The highest BCUT2D eigenvalue weighted by atomic mass is 16.7. The summed E-state index contributed by atoms with van der Waals surface area (Å²) in [6, 6.07) is 9.38. The Hall–Kier alpha value is -1.30. The van der Waals surface area contributed by atoms with Gasteiger partial charge in [0.2, 0.25) is 5.79 Å². The van der Waals surface area contributed by atoms with Crippen LogP contribution in [0.2, 0.25) is 0 Å². The first-order valence-electron chi connectivity index (χ1n) is 14.2. The first-order chi connectivity index (χ1) is 18.7. The van der Waals surface area contributed by atoms with Crippen molar-refractivity contribution in [2.45, 2.75) is 64.1 Å². The third-order valence-corrected chi connectivity index (χ3v) is 5.65. The lowest BCUT2D eigenvalue weighted by molar-refractivity contribution is -0.185. The van der Waals surface area contributed by atoms with Gasteiger partial charge in [0, 0.05) is 6.42 Å². The Morgan fingerprint density at radius 1 is 0.579 bits per heavy atom. The molecule has 0 spiro atoms. The van der Waals surface area contributed by atoms with Crippen LogP contribution in [0.1, 0.15) is 58.3 Å². The van der Waals surface area contributed by atoms with E-state index in [4.69, 9.17) is 38.3 Å². The van der Waals surface area contributed by atoms with Crippen molar-refractivity contribution in [2.24, 2.45) is 0 Å². The number of ether oxygens (including phenoxy) is 7. The summed E-state index contributed by atoms with van der Waals surface area (Å²) in [5.74, 6) is -0.720. The maximum Gasteiger partial charge on any atom is 0.231 e. The summed E-state index contributed by atoms with van der Waals surface area (Å²) in [5.41, 5.74) is 0. The molecule has 222 valence electrons. The van der Waals surface area contributed by atoms with Crippen molar-refractivity contribution in [1.29, 1.82) is 0 Å². The fourth-order valence-electron chi connectivity index (χ4n) is 3.61. The number of aliphatic hydroxyl groups excluding tert-OH is 1. The monoisotopic (exact) mass is 544 g/mol. The van der Waals surface area contributed by atoms with Gasteiger partial charge in [-0.1, -0.05) is 63.6 Å². The Balaban J connectivity index is 2.04. The van der Waals surface area contributed by atoms with Crippen LogP contribution in [-0.4, -0.2) is 102 Å². The van der Waals surface area contributed by atoms with E-state index in [2.05, 4.69) is 6.92 Å². The van der Waals surface area contributed by atoms with Gasteiger partial charge in [0.15, 0.2) is 0 Å². The lowest BCUT2D eigenvalue weighted by Gasteiger charge is -2.29. The van der Waals surface area contributed by atoms with Crippen molar-refractivity contribution in [3.63, 3.8) is 0 Å².